The molecule has 1 aromatic carbocycles. The second kappa shape index (κ2) is 6.73. The van der Waals surface area contributed by atoms with Crippen LogP contribution < -0.4 is 4.90 Å². The number of Topliss-reactive ketones (excluding diaryl/α,β-unsaturated/α-hetero) is 1. The van der Waals surface area contributed by atoms with Crippen molar-refractivity contribution in [3.8, 4) is 0 Å². The van der Waals surface area contributed by atoms with E-state index in [9.17, 15) is 4.79 Å². The highest BCUT2D eigenvalue weighted by atomic mass is 16.1. The Bertz CT molecular complexity index is 708. The van der Waals surface area contributed by atoms with Gasteiger partial charge >= 0.3 is 0 Å². The number of nitrogens with zero attached hydrogens (tertiary/aromatic N) is 3. The number of piperazine rings is 1. The molecule has 0 amide bonds. The molecule has 0 spiro atoms. The highest BCUT2D eigenvalue weighted by Crippen LogP contribution is 2.26. The molecule has 1 saturated heterocycles. The monoisotopic (exact) mass is 321 g/mol. The van der Waals surface area contributed by atoms with E-state index in [4.69, 9.17) is 0 Å². The molecule has 2 aromatic rings. The molecule has 2 aliphatic rings. The minimum atomic E-state index is 0.314. The van der Waals surface area contributed by atoms with E-state index in [1.165, 1.54) is 5.56 Å². The van der Waals surface area contributed by atoms with Crippen LogP contribution in [0, 0.1) is 5.92 Å². The summed E-state index contributed by atoms with van der Waals surface area (Å²) in [5.74, 6) is 1.83. The van der Waals surface area contributed by atoms with Crippen molar-refractivity contribution in [2.75, 3.05) is 37.6 Å². The summed E-state index contributed by atoms with van der Waals surface area (Å²) in [4.78, 5) is 21.6. The number of aromatic nitrogens is 1. The molecule has 0 bridgehead atoms. The molecule has 0 radical (unpaired) electrons. The third-order valence-electron chi connectivity index (χ3n) is 5.16. The van der Waals surface area contributed by atoms with Crippen LogP contribution in [-0.2, 0) is 6.42 Å². The van der Waals surface area contributed by atoms with E-state index in [1.807, 2.05) is 36.5 Å². The van der Waals surface area contributed by atoms with Gasteiger partial charge in [-0.2, -0.15) is 0 Å². The van der Waals surface area contributed by atoms with Gasteiger partial charge in [0.15, 0.2) is 5.78 Å². The standard InChI is InChI=1S/C20H23N3O/c24-19-14-16(13-17-5-1-2-6-18(17)19)15-22-9-11-23(12-10-22)20-7-3-4-8-21-20/h1-8,16H,9-15H2. The Morgan fingerprint density at radius 3 is 2.54 bits per heavy atom. The van der Waals surface area contributed by atoms with Gasteiger partial charge in [0.05, 0.1) is 0 Å². The minimum absolute atomic E-state index is 0.314. The van der Waals surface area contributed by atoms with Gasteiger partial charge in [-0.05, 0) is 30.0 Å². The van der Waals surface area contributed by atoms with Gasteiger partial charge in [-0.3, -0.25) is 9.69 Å². The number of hydrogen-bond acceptors (Lipinski definition) is 4. The van der Waals surface area contributed by atoms with Gasteiger partial charge in [-0.25, -0.2) is 4.98 Å². The van der Waals surface area contributed by atoms with Crippen LogP contribution in [0.25, 0.3) is 0 Å². The molecule has 24 heavy (non-hydrogen) atoms. The van der Waals surface area contributed by atoms with Gasteiger partial charge in [0.25, 0.3) is 0 Å². The number of anilines is 1. The molecule has 2 heterocycles. The lowest BCUT2D eigenvalue weighted by molar-refractivity contribution is 0.0929. The fourth-order valence-electron chi connectivity index (χ4n) is 3.92. The summed E-state index contributed by atoms with van der Waals surface area (Å²) in [5, 5.41) is 0. The van der Waals surface area contributed by atoms with E-state index in [-0.39, 0.29) is 0 Å². The number of rotatable bonds is 3. The van der Waals surface area contributed by atoms with E-state index in [1.54, 1.807) is 0 Å². The summed E-state index contributed by atoms with van der Waals surface area (Å²) in [7, 11) is 0. The highest BCUT2D eigenvalue weighted by molar-refractivity contribution is 5.98. The molecule has 4 heteroatoms. The number of hydrogen-bond donors (Lipinski definition) is 0. The lowest BCUT2D eigenvalue weighted by Gasteiger charge is -2.37. The zero-order valence-corrected chi connectivity index (χ0v) is 13.9. The van der Waals surface area contributed by atoms with E-state index >= 15 is 0 Å². The van der Waals surface area contributed by atoms with Crippen LogP contribution >= 0.6 is 0 Å². The second-order valence-electron chi connectivity index (χ2n) is 6.83. The van der Waals surface area contributed by atoms with E-state index in [2.05, 4.69) is 26.9 Å². The third-order valence-corrected chi connectivity index (χ3v) is 5.16. The zero-order valence-electron chi connectivity index (χ0n) is 13.9. The predicted molar refractivity (Wildman–Crippen MR) is 95.5 cm³/mol. The highest BCUT2D eigenvalue weighted by Gasteiger charge is 2.27. The van der Waals surface area contributed by atoms with Crippen molar-refractivity contribution in [1.82, 2.24) is 9.88 Å². The first-order valence-electron chi connectivity index (χ1n) is 8.79. The fourth-order valence-corrected chi connectivity index (χ4v) is 3.92. The molecule has 4 nitrogen and oxygen atoms in total. The van der Waals surface area contributed by atoms with Crippen LogP contribution in [0.4, 0.5) is 5.82 Å². The zero-order chi connectivity index (χ0) is 16.4. The molecule has 1 aliphatic heterocycles. The SMILES string of the molecule is O=C1CC(CN2CCN(c3ccccn3)CC2)Cc2ccccc21. The van der Waals surface area contributed by atoms with Crippen molar-refractivity contribution in [2.24, 2.45) is 5.92 Å². The van der Waals surface area contributed by atoms with Gasteiger partial charge < -0.3 is 4.90 Å². The van der Waals surface area contributed by atoms with Crippen molar-refractivity contribution in [1.29, 1.82) is 0 Å². The Morgan fingerprint density at radius 2 is 1.75 bits per heavy atom. The Labute approximate surface area is 143 Å². The van der Waals surface area contributed by atoms with Gasteiger partial charge in [0.2, 0.25) is 0 Å². The maximum absolute atomic E-state index is 12.3. The Kier molecular flexibility index (Phi) is 4.30. The molecule has 1 aromatic heterocycles. The van der Waals surface area contributed by atoms with Crippen molar-refractivity contribution in [3.63, 3.8) is 0 Å². The molecule has 124 valence electrons. The predicted octanol–water partition coefficient (Wildman–Crippen LogP) is 2.65. The van der Waals surface area contributed by atoms with Crippen LogP contribution in [-0.4, -0.2) is 48.4 Å². The van der Waals surface area contributed by atoms with Crippen LogP contribution in [0.2, 0.25) is 0 Å². The second-order valence-corrected chi connectivity index (χ2v) is 6.83. The number of fused-ring (bicyclic) bond motifs is 1. The first-order chi connectivity index (χ1) is 11.8. The van der Waals surface area contributed by atoms with Crippen LogP contribution in [0.3, 0.4) is 0 Å². The van der Waals surface area contributed by atoms with Crippen molar-refractivity contribution < 1.29 is 4.79 Å². The Hall–Kier alpha value is -2.20. The van der Waals surface area contributed by atoms with E-state index in [0.717, 1.165) is 50.5 Å². The average Bonchev–Trinajstić information content (AvgIpc) is 2.63. The Morgan fingerprint density at radius 1 is 0.958 bits per heavy atom. The number of benzene rings is 1. The maximum Gasteiger partial charge on any atom is 0.163 e. The Balaban J connectivity index is 1.34. The maximum atomic E-state index is 12.3. The smallest absolute Gasteiger partial charge is 0.163 e. The summed E-state index contributed by atoms with van der Waals surface area (Å²) < 4.78 is 0. The number of pyridine rings is 1. The topological polar surface area (TPSA) is 36.4 Å². The summed E-state index contributed by atoms with van der Waals surface area (Å²) in [6.07, 6.45) is 3.58. The lowest BCUT2D eigenvalue weighted by Crippen LogP contribution is -2.48. The fraction of sp³-hybridized carbons (Fsp3) is 0.400. The molecule has 0 saturated carbocycles. The summed E-state index contributed by atoms with van der Waals surface area (Å²) in [6.45, 7) is 5.13. The number of carbonyl (C=O) groups is 1. The van der Waals surface area contributed by atoms with Crippen molar-refractivity contribution in [3.05, 3.63) is 59.8 Å². The van der Waals surface area contributed by atoms with Gasteiger partial charge in [0.1, 0.15) is 5.82 Å². The van der Waals surface area contributed by atoms with Crippen molar-refractivity contribution in [2.45, 2.75) is 12.8 Å². The summed E-state index contributed by atoms with van der Waals surface area (Å²) in [6, 6.07) is 14.2. The number of ketones is 1. The molecular formula is C20H23N3O. The van der Waals surface area contributed by atoms with E-state index in [0.29, 0.717) is 18.1 Å². The number of carbonyl (C=O) groups excluding carboxylic acids is 1. The van der Waals surface area contributed by atoms with Gasteiger partial charge in [-0.15, -0.1) is 0 Å². The molecule has 0 N–H and O–H groups in total. The summed E-state index contributed by atoms with van der Waals surface area (Å²) >= 11 is 0. The average molecular weight is 321 g/mol. The normalized spacial score (nSPS) is 21.6. The lowest BCUT2D eigenvalue weighted by atomic mass is 9.83. The largest absolute Gasteiger partial charge is 0.354 e. The molecule has 1 unspecified atom stereocenters. The first kappa shape index (κ1) is 15.3. The first-order valence-corrected chi connectivity index (χ1v) is 8.79. The van der Waals surface area contributed by atoms with Gasteiger partial charge in [-0.1, -0.05) is 30.3 Å². The molecular weight excluding hydrogens is 298 g/mol. The molecule has 1 fully saturated rings. The van der Waals surface area contributed by atoms with Crippen LogP contribution in [0.1, 0.15) is 22.3 Å². The summed E-state index contributed by atoms with van der Waals surface area (Å²) in [5.41, 5.74) is 2.17. The minimum Gasteiger partial charge on any atom is -0.354 e. The quantitative estimate of drug-likeness (QED) is 0.871. The molecule has 4 rings (SSSR count). The third kappa shape index (κ3) is 3.20. The van der Waals surface area contributed by atoms with Crippen molar-refractivity contribution >= 4 is 11.6 Å². The van der Waals surface area contributed by atoms with E-state index < -0.39 is 0 Å². The van der Waals surface area contributed by atoms with Gasteiger partial charge in [0, 0.05) is 50.9 Å². The molecule has 1 aliphatic carbocycles. The molecule has 1 atom stereocenters. The van der Waals surface area contributed by atoms with Crippen LogP contribution in [0.15, 0.2) is 48.7 Å². The van der Waals surface area contributed by atoms with Crippen LogP contribution in [0.5, 0.6) is 0 Å².